The van der Waals surface area contributed by atoms with Gasteiger partial charge in [-0.15, -0.1) is 0 Å². The lowest BCUT2D eigenvalue weighted by molar-refractivity contribution is -0.141. The molecule has 0 aliphatic carbocycles. The summed E-state index contributed by atoms with van der Waals surface area (Å²) in [7, 11) is 3.49. The summed E-state index contributed by atoms with van der Waals surface area (Å²) in [5, 5.41) is 4.63. The van der Waals surface area contributed by atoms with Gasteiger partial charge in [0.05, 0.1) is 12.8 Å². The molecule has 2 aromatic heterocycles. The summed E-state index contributed by atoms with van der Waals surface area (Å²) >= 11 is 0. The molecule has 3 rings (SSSR count). The number of aromatic nitrogens is 3. The van der Waals surface area contributed by atoms with Crippen LogP contribution in [-0.4, -0.2) is 46.3 Å². The van der Waals surface area contributed by atoms with Gasteiger partial charge >= 0.3 is 5.97 Å². The second kappa shape index (κ2) is 5.65. The number of pyridine rings is 1. The van der Waals surface area contributed by atoms with Gasteiger partial charge in [0.25, 0.3) is 0 Å². The Labute approximate surface area is 123 Å². The van der Waals surface area contributed by atoms with Crippen LogP contribution in [0, 0.1) is 0 Å². The third kappa shape index (κ3) is 2.67. The Hall–Kier alpha value is -2.21. The van der Waals surface area contributed by atoms with Crippen molar-refractivity contribution in [1.82, 2.24) is 19.7 Å². The Morgan fingerprint density at radius 1 is 1.48 bits per heavy atom. The van der Waals surface area contributed by atoms with Crippen LogP contribution in [0.15, 0.2) is 24.5 Å². The molecule has 6 nitrogen and oxygen atoms in total. The molecular formula is C15H18N4O2. The summed E-state index contributed by atoms with van der Waals surface area (Å²) in [5.74, 6) is -0.281. The average Bonchev–Trinajstić information content (AvgIpc) is 2.86. The van der Waals surface area contributed by atoms with Crippen LogP contribution in [-0.2, 0) is 29.0 Å². The number of likely N-dealkylation sites (N-methyl/N-ethyl adjacent to an activating group) is 1. The summed E-state index contributed by atoms with van der Waals surface area (Å²) < 4.78 is 6.53. The number of carbonyl (C=O) groups is 1. The summed E-state index contributed by atoms with van der Waals surface area (Å²) in [5.41, 5.74) is 4.19. The molecule has 0 spiro atoms. The van der Waals surface area contributed by atoms with Gasteiger partial charge in [-0.05, 0) is 19.2 Å². The first kappa shape index (κ1) is 13.8. The minimum atomic E-state index is -0.281. The lowest BCUT2D eigenvalue weighted by Gasteiger charge is -2.23. The van der Waals surface area contributed by atoms with Crippen molar-refractivity contribution in [3.63, 3.8) is 0 Å². The molecule has 0 saturated carbocycles. The van der Waals surface area contributed by atoms with Crippen LogP contribution >= 0.6 is 0 Å². The third-order valence-electron chi connectivity index (χ3n) is 3.77. The Kier molecular flexibility index (Phi) is 3.70. The van der Waals surface area contributed by atoms with Crippen molar-refractivity contribution < 1.29 is 9.53 Å². The number of carbonyl (C=O) groups excluding carboxylic acids is 1. The van der Waals surface area contributed by atoms with E-state index >= 15 is 0 Å². The zero-order valence-electron chi connectivity index (χ0n) is 12.2. The van der Waals surface area contributed by atoms with Gasteiger partial charge in [-0.25, -0.2) is 0 Å². The molecule has 0 saturated heterocycles. The molecule has 0 unspecified atom stereocenters. The summed E-state index contributed by atoms with van der Waals surface area (Å²) in [6.07, 6.45) is 4.43. The monoisotopic (exact) mass is 286 g/mol. The van der Waals surface area contributed by atoms with E-state index in [1.54, 1.807) is 17.1 Å². The van der Waals surface area contributed by atoms with Gasteiger partial charge in [-0.2, -0.15) is 5.10 Å². The van der Waals surface area contributed by atoms with E-state index in [9.17, 15) is 4.79 Å². The van der Waals surface area contributed by atoms with Crippen LogP contribution in [0.25, 0.3) is 11.3 Å². The van der Waals surface area contributed by atoms with E-state index in [0.717, 1.165) is 36.5 Å². The van der Waals surface area contributed by atoms with Gasteiger partial charge in [0.15, 0.2) is 0 Å². The van der Waals surface area contributed by atoms with E-state index in [-0.39, 0.29) is 12.5 Å². The molecule has 6 heteroatoms. The van der Waals surface area contributed by atoms with E-state index in [4.69, 9.17) is 4.74 Å². The highest BCUT2D eigenvalue weighted by atomic mass is 16.5. The first-order chi connectivity index (χ1) is 10.2. The van der Waals surface area contributed by atoms with Crippen molar-refractivity contribution in [2.75, 3.05) is 20.7 Å². The number of hydrogen-bond donors (Lipinski definition) is 0. The zero-order chi connectivity index (χ0) is 14.8. The molecule has 1 aliphatic rings. The highest BCUT2D eigenvalue weighted by Crippen LogP contribution is 2.29. The Morgan fingerprint density at radius 2 is 2.33 bits per heavy atom. The molecule has 21 heavy (non-hydrogen) atoms. The summed E-state index contributed by atoms with van der Waals surface area (Å²) in [6, 6.07) is 3.89. The molecule has 110 valence electrons. The maximum absolute atomic E-state index is 11.6. The quantitative estimate of drug-likeness (QED) is 0.791. The minimum Gasteiger partial charge on any atom is -0.468 e. The second-order valence-electron chi connectivity index (χ2n) is 5.24. The Balaban J connectivity index is 2.06. The van der Waals surface area contributed by atoms with Crippen LogP contribution in [0.5, 0.6) is 0 Å². The molecule has 2 aromatic rings. The first-order valence-electron chi connectivity index (χ1n) is 6.93. The smallest absolute Gasteiger partial charge is 0.327 e. The molecule has 0 amide bonds. The van der Waals surface area contributed by atoms with Gasteiger partial charge in [-0.1, -0.05) is 0 Å². The first-order valence-corrected chi connectivity index (χ1v) is 6.93. The fourth-order valence-electron chi connectivity index (χ4n) is 2.68. The number of methoxy groups -OCH3 is 1. The average molecular weight is 286 g/mol. The lowest BCUT2D eigenvalue weighted by atomic mass is 10.0. The Bertz CT molecular complexity index is 651. The van der Waals surface area contributed by atoms with Crippen LogP contribution in [0.4, 0.5) is 0 Å². The third-order valence-corrected chi connectivity index (χ3v) is 3.77. The van der Waals surface area contributed by atoms with Crippen LogP contribution in [0.1, 0.15) is 11.3 Å². The molecule has 1 aliphatic heterocycles. The molecule has 0 atom stereocenters. The van der Waals surface area contributed by atoms with E-state index < -0.39 is 0 Å². The standard InChI is InChI=1S/C15H18N4O2/c1-18-7-5-13-12(9-18)15(11-4-3-6-16-8-11)17-19(13)10-14(20)21-2/h3-4,6,8H,5,7,9-10H2,1-2H3. The summed E-state index contributed by atoms with van der Waals surface area (Å²) in [4.78, 5) is 18.0. The van der Waals surface area contributed by atoms with Crippen molar-refractivity contribution >= 4 is 5.97 Å². The molecule has 3 heterocycles. The fourth-order valence-corrected chi connectivity index (χ4v) is 2.68. The van der Waals surface area contributed by atoms with Gasteiger partial charge in [0, 0.05) is 48.7 Å². The number of esters is 1. The topological polar surface area (TPSA) is 60.3 Å². The number of nitrogens with zero attached hydrogens (tertiary/aromatic N) is 4. The molecule has 0 bridgehead atoms. The van der Waals surface area contributed by atoms with Gasteiger partial charge < -0.3 is 9.64 Å². The van der Waals surface area contributed by atoms with Crippen molar-refractivity contribution in [2.24, 2.45) is 0 Å². The molecule has 0 radical (unpaired) electrons. The number of hydrogen-bond acceptors (Lipinski definition) is 5. The normalized spacial score (nSPS) is 14.8. The molecule has 0 N–H and O–H groups in total. The molecular weight excluding hydrogens is 268 g/mol. The number of fused-ring (bicyclic) bond motifs is 1. The highest BCUT2D eigenvalue weighted by Gasteiger charge is 2.25. The predicted molar refractivity (Wildman–Crippen MR) is 77.5 cm³/mol. The Morgan fingerprint density at radius 3 is 3.05 bits per heavy atom. The van der Waals surface area contributed by atoms with Crippen LogP contribution < -0.4 is 0 Å². The molecule has 0 fully saturated rings. The van der Waals surface area contributed by atoms with E-state index in [1.807, 2.05) is 12.1 Å². The maximum atomic E-state index is 11.6. The zero-order valence-corrected chi connectivity index (χ0v) is 12.2. The largest absolute Gasteiger partial charge is 0.468 e. The lowest BCUT2D eigenvalue weighted by Crippen LogP contribution is -2.28. The van der Waals surface area contributed by atoms with Gasteiger partial charge in [0.1, 0.15) is 6.54 Å². The summed E-state index contributed by atoms with van der Waals surface area (Å²) in [6.45, 7) is 1.95. The van der Waals surface area contributed by atoms with E-state index in [1.165, 1.54) is 12.7 Å². The van der Waals surface area contributed by atoms with Crippen molar-refractivity contribution in [3.05, 3.63) is 35.8 Å². The SMILES string of the molecule is COC(=O)Cn1nc(-c2cccnc2)c2c1CCN(C)C2. The van der Waals surface area contributed by atoms with Crippen molar-refractivity contribution in [2.45, 2.75) is 19.5 Å². The van der Waals surface area contributed by atoms with Crippen molar-refractivity contribution in [3.8, 4) is 11.3 Å². The second-order valence-corrected chi connectivity index (χ2v) is 5.24. The maximum Gasteiger partial charge on any atom is 0.327 e. The number of ether oxygens (including phenoxy) is 1. The van der Waals surface area contributed by atoms with E-state index in [0.29, 0.717) is 0 Å². The minimum absolute atomic E-state index is 0.156. The van der Waals surface area contributed by atoms with E-state index in [2.05, 4.69) is 22.0 Å². The number of rotatable bonds is 3. The van der Waals surface area contributed by atoms with Gasteiger partial charge in [-0.3, -0.25) is 14.5 Å². The predicted octanol–water partition coefficient (Wildman–Crippen LogP) is 1.11. The molecule has 0 aromatic carbocycles. The fraction of sp³-hybridized carbons (Fsp3) is 0.400. The van der Waals surface area contributed by atoms with Crippen LogP contribution in [0.3, 0.4) is 0 Å². The van der Waals surface area contributed by atoms with Crippen LogP contribution in [0.2, 0.25) is 0 Å². The van der Waals surface area contributed by atoms with Crippen molar-refractivity contribution in [1.29, 1.82) is 0 Å². The highest BCUT2D eigenvalue weighted by molar-refractivity contribution is 5.70. The van der Waals surface area contributed by atoms with Gasteiger partial charge in [0.2, 0.25) is 0 Å².